The van der Waals surface area contributed by atoms with Crippen molar-refractivity contribution in [2.75, 3.05) is 7.11 Å². The normalized spacial score (nSPS) is 10.1. The second-order valence-corrected chi connectivity index (χ2v) is 4.41. The van der Waals surface area contributed by atoms with Crippen molar-refractivity contribution in [1.29, 1.82) is 5.26 Å². The largest absolute Gasteiger partial charge is 0.497 e. The molecule has 0 saturated heterocycles. The molecule has 0 saturated carbocycles. The maximum atomic E-state index is 11.7. The van der Waals surface area contributed by atoms with E-state index in [-0.39, 0.29) is 12.2 Å². The minimum Gasteiger partial charge on any atom is -0.497 e. The van der Waals surface area contributed by atoms with Gasteiger partial charge in [0.05, 0.1) is 37.9 Å². The molecule has 2 rings (SSSR count). The van der Waals surface area contributed by atoms with Crippen LogP contribution in [0.5, 0.6) is 5.75 Å². The van der Waals surface area contributed by atoms with Crippen molar-refractivity contribution in [3.05, 3.63) is 47.3 Å². The van der Waals surface area contributed by atoms with Crippen LogP contribution >= 0.6 is 0 Å². The van der Waals surface area contributed by atoms with E-state index in [1.54, 1.807) is 11.8 Å². The molecular weight excluding hydrogens is 254 g/mol. The Morgan fingerprint density at radius 1 is 1.40 bits per heavy atom. The smallest absolute Gasteiger partial charge is 0.180 e. The highest BCUT2D eigenvalue weighted by Gasteiger charge is 2.13. The molecule has 2 aromatic rings. The third-order valence-corrected chi connectivity index (χ3v) is 3.13. The van der Waals surface area contributed by atoms with Crippen LogP contribution < -0.4 is 4.74 Å². The van der Waals surface area contributed by atoms with Crippen molar-refractivity contribution in [3.63, 3.8) is 0 Å². The first-order valence-electron chi connectivity index (χ1n) is 6.21. The number of Topliss-reactive ketones (excluding diaryl/α,β-unsaturated/α-hetero) is 1. The van der Waals surface area contributed by atoms with Crippen molar-refractivity contribution >= 4 is 5.78 Å². The number of hydrogen-bond acceptors (Lipinski definition) is 4. The van der Waals surface area contributed by atoms with E-state index in [4.69, 9.17) is 10.00 Å². The fraction of sp³-hybridized carbons (Fsp3) is 0.267. The van der Waals surface area contributed by atoms with Gasteiger partial charge in [-0.1, -0.05) is 12.1 Å². The van der Waals surface area contributed by atoms with E-state index in [9.17, 15) is 4.79 Å². The SMILES string of the molecule is COc1ccc(Cn2ncc(C(=O)CC#N)c2C)cc1. The number of carbonyl (C=O) groups is 1. The third-order valence-electron chi connectivity index (χ3n) is 3.13. The van der Waals surface area contributed by atoms with E-state index in [1.807, 2.05) is 37.3 Å². The second-order valence-electron chi connectivity index (χ2n) is 4.41. The van der Waals surface area contributed by atoms with Crippen LogP contribution in [0.1, 0.15) is 28.0 Å². The van der Waals surface area contributed by atoms with Crippen LogP contribution in [0, 0.1) is 18.3 Å². The van der Waals surface area contributed by atoms with Crippen molar-refractivity contribution in [2.24, 2.45) is 0 Å². The summed E-state index contributed by atoms with van der Waals surface area (Å²) in [4.78, 5) is 11.7. The number of nitriles is 1. The van der Waals surface area contributed by atoms with Gasteiger partial charge in [0.2, 0.25) is 0 Å². The highest BCUT2D eigenvalue weighted by molar-refractivity contribution is 5.98. The minimum atomic E-state index is -0.189. The number of methoxy groups -OCH3 is 1. The number of nitrogens with zero attached hydrogens (tertiary/aromatic N) is 3. The van der Waals surface area contributed by atoms with Crippen molar-refractivity contribution in [2.45, 2.75) is 19.9 Å². The summed E-state index contributed by atoms with van der Waals surface area (Å²) in [6, 6.07) is 9.54. The van der Waals surface area contributed by atoms with Crippen molar-refractivity contribution in [3.8, 4) is 11.8 Å². The van der Waals surface area contributed by atoms with Gasteiger partial charge in [-0.3, -0.25) is 9.48 Å². The molecule has 5 heteroatoms. The van der Waals surface area contributed by atoms with Crippen LogP contribution in [-0.2, 0) is 6.54 Å². The Morgan fingerprint density at radius 3 is 2.70 bits per heavy atom. The van der Waals surface area contributed by atoms with Gasteiger partial charge in [-0.25, -0.2) is 0 Å². The van der Waals surface area contributed by atoms with Gasteiger partial charge < -0.3 is 4.74 Å². The minimum absolute atomic E-state index is 0.116. The Kier molecular flexibility index (Phi) is 4.16. The van der Waals surface area contributed by atoms with Gasteiger partial charge in [-0.05, 0) is 24.6 Å². The zero-order valence-corrected chi connectivity index (χ0v) is 11.5. The molecule has 102 valence electrons. The lowest BCUT2D eigenvalue weighted by molar-refractivity contribution is 0.0997. The highest BCUT2D eigenvalue weighted by Crippen LogP contribution is 2.15. The topological polar surface area (TPSA) is 67.9 Å². The molecule has 1 aromatic heterocycles. The average molecular weight is 269 g/mol. The molecule has 5 nitrogen and oxygen atoms in total. The Hall–Kier alpha value is -2.61. The van der Waals surface area contributed by atoms with Crippen molar-refractivity contribution < 1.29 is 9.53 Å². The van der Waals surface area contributed by atoms with Crippen LogP contribution in [0.15, 0.2) is 30.5 Å². The summed E-state index contributed by atoms with van der Waals surface area (Å²) in [7, 11) is 1.62. The zero-order chi connectivity index (χ0) is 14.5. The molecule has 0 bridgehead atoms. The molecule has 0 aliphatic rings. The number of rotatable bonds is 5. The molecule has 0 aliphatic carbocycles. The zero-order valence-electron chi connectivity index (χ0n) is 11.5. The summed E-state index contributed by atoms with van der Waals surface area (Å²) in [6.45, 7) is 2.41. The number of hydrogen-bond donors (Lipinski definition) is 0. The number of ether oxygens (including phenoxy) is 1. The Balaban J connectivity index is 2.18. The number of ketones is 1. The molecular formula is C15H15N3O2. The van der Waals surface area contributed by atoms with E-state index in [2.05, 4.69) is 5.10 Å². The maximum Gasteiger partial charge on any atom is 0.180 e. The monoisotopic (exact) mass is 269 g/mol. The summed E-state index contributed by atoms with van der Waals surface area (Å²) in [5, 5.41) is 12.8. The van der Waals surface area contributed by atoms with Crippen LogP contribution in [0.4, 0.5) is 0 Å². The molecule has 20 heavy (non-hydrogen) atoms. The average Bonchev–Trinajstić information content (AvgIpc) is 2.81. The fourth-order valence-corrected chi connectivity index (χ4v) is 1.95. The third kappa shape index (κ3) is 2.86. The molecule has 1 aromatic carbocycles. The highest BCUT2D eigenvalue weighted by atomic mass is 16.5. The molecule has 0 fully saturated rings. The number of carbonyl (C=O) groups excluding carboxylic acids is 1. The van der Waals surface area contributed by atoms with Gasteiger partial charge in [0, 0.05) is 5.69 Å². The summed E-state index contributed by atoms with van der Waals surface area (Å²) in [6.07, 6.45) is 1.41. The quantitative estimate of drug-likeness (QED) is 0.781. The molecule has 0 atom stereocenters. The molecule has 0 unspecified atom stereocenters. The first-order valence-corrected chi connectivity index (χ1v) is 6.21. The Bertz CT molecular complexity index is 651. The van der Waals surface area contributed by atoms with E-state index >= 15 is 0 Å². The number of aromatic nitrogens is 2. The van der Waals surface area contributed by atoms with E-state index < -0.39 is 0 Å². The van der Waals surface area contributed by atoms with Gasteiger partial charge >= 0.3 is 0 Å². The lowest BCUT2D eigenvalue weighted by Gasteiger charge is -2.06. The van der Waals surface area contributed by atoms with Crippen LogP contribution in [-0.4, -0.2) is 22.7 Å². The summed E-state index contributed by atoms with van der Waals surface area (Å²) in [5.41, 5.74) is 2.36. The van der Waals surface area contributed by atoms with Gasteiger partial charge in [0.25, 0.3) is 0 Å². The van der Waals surface area contributed by atoms with Gasteiger partial charge in [-0.15, -0.1) is 0 Å². The lowest BCUT2D eigenvalue weighted by atomic mass is 10.1. The van der Waals surface area contributed by atoms with Crippen LogP contribution in [0.25, 0.3) is 0 Å². The molecule has 0 spiro atoms. The Labute approximate surface area is 117 Å². The number of benzene rings is 1. The van der Waals surface area contributed by atoms with Crippen LogP contribution in [0.2, 0.25) is 0 Å². The summed E-state index contributed by atoms with van der Waals surface area (Å²) < 4.78 is 6.86. The Morgan fingerprint density at radius 2 is 2.10 bits per heavy atom. The summed E-state index contributed by atoms with van der Waals surface area (Å²) in [5.74, 6) is 0.613. The first kappa shape index (κ1) is 13.8. The molecule has 0 radical (unpaired) electrons. The first-order chi connectivity index (χ1) is 9.65. The fourth-order valence-electron chi connectivity index (χ4n) is 1.95. The second kappa shape index (κ2) is 6.02. The van der Waals surface area contributed by atoms with Crippen molar-refractivity contribution in [1.82, 2.24) is 9.78 Å². The predicted molar refractivity (Wildman–Crippen MR) is 73.6 cm³/mol. The molecule has 0 N–H and O–H groups in total. The van der Waals surface area contributed by atoms with Gasteiger partial charge in [-0.2, -0.15) is 10.4 Å². The van der Waals surface area contributed by atoms with E-state index in [0.29, 0.717) is 12.1 Å². The van der Waals surface area contributed by atoms with Crippen LogP contribution in [0.3, 0.4) is 0 Å². The molecule has 1 heterocycles. The van der Waals surface area contributed by atoms with Gasteiger partial charge in [0.1, 0.15) is 5.75 Å². The van der Waals surface area contributed by atoms with E-state index in [0.717, 1.165) is 17.0 Å². The molecule has 0 aliphatic heterocycles. The molecule has 0 amide bonds. The summed E-state index contributed by atoms with van der Waals surface area (Å²) >= 11 is 0. The standard InChI is InChI=1S/C15H15N3O2/c1-11-14(15(19)7-8-16)9-17-18(11)10-12-3-5-13(20-2)6-4-12/h3-6,9H,7,10H2,1-2H3. The lowest BCUT2D eigenvalue weighted by Crippen LogP contribution is -2.06. The predicted octanol–water partition coefficient (Wildman–Crippen LogP) is 2.34. The maximum absolute atomic E-state index is 11.7. The van der Waals surface area contributed by atoms with E-state index in [1.165, 1.54) is 6.20 Å². The van der Waals surface area contributed by atoms with Gasteiger partial charge in [0.15, 0.2) is 5.78 Å².